The minimum atomic E-state index is 0.207. The number of aryl methyl sites for hydroxylation is 2. The molecule has 2 aromatic heterocycles. The number of hydrogen-bond acceptors (Lipinski definition) is 3. The third-order valence-electron chi connectivity index (χ3n) is 8.17. The maximum atomic E-state index is 11.0. The molecule has 4 aromatic carbocycles. The molecular weight excluding hydrogens is 528 g/mol. The van der Waals surface area contributed by atoms with Crippen LogP contribution in [0, 0.1) is 13.8 Å². The highest BCUT2D eigenvalue weighted by Gasteiger charge is 2.22. The Morgan fingerprint density at radius 2 is 1.28 bits per heavy atom. The van der Waals surface area contributed by atoms with Crippen molar-refractivity contribution in [3.8, 4) is 51.2 Å². The lowest BCUT2D eigenvalue weighted by Crippen LogP contribution is -2.07. The molecule has 0 aliphatic heterocycles. The fraction of sp³-hybridized carbons (Fsp3) is 0.211. The Morgan fingerprint density at radius 3 is 1.95 bits per heavy atom. The van der Waals surface area contributed by atoms with Crippen molar-refractivity contribution >= 4 is 0 Å². The first-order chi connectivity index (χ1) is 20.7. The van der Waals surface area contributed by atoms with E-state index in [2.05, 4.69) is 118 Å². The van der Waals surface area contributed by atoms with Gasteiger partial charge in [0.2, 0.25) is 0 Å². The molecule has 0 bridgehead atoms. The standard InChI is InChI=1S/C38H38N4O/c1-24(2)30-17-11-18-31(25(3)4)36(30)42-23-33(40-38(42)32-16-7-8-19-34(32)43)28-14-10-15-29(22-28)37-39-20-21-41(37)35-26(5)12-9-13-27(35)6/h7-25,43H,1-6H3. The average molecular weight is 567 g/mol. The number of nitrogens with zero attached hydrogens (tertiary/aromatic N) is 4. The average Bonchev–Trinajstić information content (AvgIpc) is 3.65. The van der Waals surface area contributed by atoms with Crippen LogP contribution in [0.1, 0.15) is 61.8 Å². The second-order valence-corrected chi connectivity index (χ2v) is 11.9. The summed E-state index contributed by atoms with van der Waals surface area (Å²) < 4.78 is 4.35. The van der Waals surface area contributed by atoms with E-state index < -0.39 is 0 Å². The Kier molecular flexibility index (Phi) is 7.49. The van der Waals surface area contributed by atoms with Gasteiger partial charge in [0.15, 0.2) is 0 Å². The molecule has 0 aliphatic carbocycles. The second kappa shape index (κ2) is 11.4. The third kappa shape index (κ3) is 5.16. The first-order valence-corrected chi connectivity index (χ1v) is 15.0. The van der Waals surface area contributed by atoms with Crippen LogP contribution in [0.2, 0.25) is 0 Å². The number of aromatic nitrogens is 4. The summed E-state index contributed by atoms with van der Waals surface area (Å²) in [6.07, 6.45) is 6.00. The van der Waals surface area contributed by atoms with Crippen LogP contribution in [0.4, 0.5) is 0 Å². The van der Waals surface area contributed by atoms with E-state index >= 15 is 0 Å². The molecule has 6 aromatic rings. The summed E-state index contributed by atoms with van der Waals surface area (Å²) in [6, 6.07) is 28.8. The van der Waals surface area contributed by atoms with Gasteiger partial charge in [-0.15, -0.1) is 0 Å². The number of hydrogen-bond donors (Lipinski definition) is 1. The smallest absolute Gasteiger partial charge is 0.148 e. The zero-order valence-corrected chi connectivity index (χ0v) is 25.7. The molecular formula is C38H38N4O. The van der Waals surface area contributed by atoms with Crippen LogP contribution >= 0.6 is 0 Å². The fourth-order valence-electron chi connectivity index (χ4n) is 6.03. The zero-order valence-electron chi connectivity index (χ0n) is 25.7. The summed E-state index contributed by atoms with van der Waals surface area (Å²) in [4.78, 5) is 9.97. The Labute approximate surface area is 254 Å². The fourth-order valence-corrected chi connectivity index (χ4v) is 6.03. The first kappa shape index (κ1) is 28.2. The predicted octanol–water partition coefficient (Wildman–Crippen LogP) is 9.63. The Morgan fingerprint density at radius 1 is 0.651 bits per heavy atom. The topological polar surface area (TPSA) is 55.9 Å². The van der Waals surface area contributed by atoms with E-state index in [4.69, 9.17) is 9.97 Å². The van der Waals surface area contributed by atoms with E-state index in [1.165, 1.54) is 22.3 Å². The Bertz CT molecular complexity index is 1880. The van der Waals surface area contributed by atoms with Gasteiger partial charge in [0.25, 0.3) is 0 Å². The molecule has 1 N–H and O–H groups in total. The number of aromatic hydroxyl groups is 1. The highest BCUT2D eigenvalue weighted by Crippen LogP contribution is 2.38. The van der Waals surface area contributed by atoms with Crippen molar-refractivity contribution in [1.82, 2.24) is 19.1 Å². The molecule has 0 amide bonds. The Balaban J connectivity index is 1.55. The van der Waals surface area contributed by atoms with Crippen LogP contribution in [-0.2, 0) is 0 Å². The van der Waals surface area contributed by atoms with Crippen LogP contribution in [0.15, 0.2) is 104 Å². The minimum absolute atomic E-state index is 0.207. The maximum absolute atomic E-state index is 11.0. The monoisotopic (exact) mass is 566 g/mol. The number of imidazole rings is 2. The van der Waals surface area contributed by atoms with Crippen molar-refractivity contribution in [3.05, 3.63) is 126 Å². The summed E-state index contributed by atoms with van der Waals surface area (Å²) in [5.41, 5.74) is 10.7. The molecule has 0 spiro atoms. The van der Waals surface area contributed by atoms with Crippen molar-refractivity contribution in [2.75, 3.05) is 0 Å². The predicted molar refractivity (Wildman–Crippen MR) is 176 cm³/mol. The van der Waals surface area contributed by atoms with Gasteiger partial charge in [-0.1, -0.05) is 94.4 Å². The molecule has 0 fully saturated rings. The number of para-hydroxylation sites is 3. The summed E-state index contributed by atoms with van der Waals surface area (Å²) in [7, 11) is 0. The van der Waals surface area contributed by atoms with E-state index in [1.54, 1.807) is 6.07 Å². The van der Waals surface area contributed by atoms with Gasteiger partial charge < -0.3 is 5.11 Å². The van der Waals surface area contributed by atoms with Gasteiger partial charge in [0.1, 0.15) is 17.4 Å². The van der Waals surface area contributed by atoms with Crippen LogP contribution in [0.3, 0.4) is 0 Å². The normalized spacial score (nSPS) is 11.5. The van der Waals surface area contributed by atoms with Crippen molar-refractivity contribution in [3.63, 3.8) is 0 Å². The molecule has 0 aliphatic rings. The van der Waals surface area contributed by atoms with Gasteiger partial charge in [-0.25, -0.2) is 9.97 Å². The van der Waals surface area contributed by atoms with Crippen molar-refractivity contribution in [2.45, 2.75) is 53.4 Å². The molecule has 0 atom stereocenters. The summed E-state index contributed by atoms with van der Waals surface area (Å²) >= 11 is 0. The van der Waals surface area contributed by atoms with Gasteiger partial charge in [-0.05, 0) is 66.1 Å². The quantitative estimate of drug-likeness (QED) is 0.209. The minimum Gasteiger partial charge on any atom is -0.507 e. The zero-order chi connectivity index (χ0) is 30.2. The van der Waals surface area contributed by atoms with E-state index in [9.17, 15) is 5.11 Å². The van der Waals surface area contributed by atoms with Gasteiger partial charge in [-0.2, -0.15) is 0 Å². The SMILES string of the molecule is Cc1cccc(C)c1-n1ccnc1-c1cccc(-c2cn(-c3c(C(C)C)cccc3C(C)C)c(-c3ccccc3O)n2)c1. The van der Waals surface area contributed by atoms with E-state index in [0.717, 1.165) is 34.0 Å². The molecule has 216 valence electrons. The van der Waals surface area contributed by atoms with Crippen molar-refractivity contribution in [1.29, 1.82) is 0 Å². The van der Waals surface area contributed by atoms with Gasteiger partial charge in [-0.3, -0.25) is 9.13 Å². The molecule has 5 nitrogen and oxygen atoms in total. The summed E-state index contributed by atoms with van der Waals surface area (Å²) in [5.74, 6) is 2.42. The molecule has 5 heteroatoms. The number of phenolic OH excluding ortho intramolecular Hbond substituents is 1. The molecule has 0 unspecified atom stereocenters. The van der Waals surface area contributed by atoms with Crippen molar-refractivity contribution < 1.29 is 5.11 Å². The van der Waals surface area contributed by atoms with Crippen molar-refractivity contribution in [2.24, 2.45) is 0 Å². The Hall–Kier alpha value is -4.90. The lowest BCUT2D eigenvalue weighted by atomic mass is 9.92. The van der Waals surface area contributed by atoms with Crippen LogP contribution in [0.5, 0.6) is 5.75 Å². The molecule has 6 rings (SSSR count). The molecule has 2 heterocycles. The second-order valence-electron chi connectivity index (χ2n) is 11.9. The van der Waals surface area contributed by atoms with E-state index in [1.807, 2.05) is 30.6 Å². The number of phenols is 1. The van der Waals surface area contributed by atoms with Crippen LogP contribution < -0.4 is 0 Å². The largest absolute Gasteiger partial charge is 0.507 e. The highest BCUT2D eigenvalue weighted by molar-refractivity contribution is 5.75. The van der Waals surface area contributed by atoms with Gasteiger partial charge >= 0.3 is 0 Å². The van der Waals surface area contributed by atoms with E-state index in [-0.39, 0.29) is 5.75 Å². The molecule has 0 saturated heterocycles. The first-order valence-electron chi connectivity index (χ1n) is 15.0. The number of rotatable bonds is 7. The number of benzene rings is 4. The maximum Gasteiger partial charge on any atom is 0.148 e. The van der Waals surface area contributed by atoms with Gasteiger partial charge in [0, 0.05) is 29.7 Å². The van der Waals surface area contributed by atoms with E-state index in [0.29, 0.717) is 23.2 Å². The molecule has 43 heavy (non-hydrogen) atoms. The summed E-state index contributed by atoms with van der Waals surface area (Å²) in [6.45, 7) is 13.2. The highest BCUT2D eigenvalue weighted by atomic mass is 16.3. The lowest BCUT2D eigenvalue weighted by molar-refractivity contribution is 0.477. The van der Waals surface area contributed by atoms with Crippen LogP contribution in [-0.4, -0.2) is 24.2 Å². The lowest BCUT2D eigenvalue weighted by Gasteiger charge is -2.22. The third-order valence-corrected chi connectivity index (χ3v) is 8.17. The molecule has 0 radical (unpaired) electrons. The molecule has 0 saturated carbocycles. The van der Waals surface area contributed by atoms with Crippen LogP contribution in [0.25, 0.3) is 45.4 Å². The van der Waals surface area contributed by atoms with Gasteiger partial charge in [0.05, 0.1) is 22.6 Å². The summed E-state index contributed by atoms with van der Waals surface area (Å²) in [5, 5.41) is 11.0.